The molecule has 1 fully saturated rings. The number of hydrogen-bond donors (Lipinski definition) is 2. The van der Waals surface area contributed by atoms with Gasteiger partial charge in [0.2, 0.25) is 5.91 Å². The number of amides is 1. The summed E-state index contributed by atoms with van der Waals surface area (Å²) in [6.45, 7) is 4.98. The molecule has 156 valence electrons. The van der Waals surface area contributed by atoms with Crippen LogP contribution >= 0.6 is 23.2 Å². The van der Waals surface area contributed by atoms with Gasteiger partial charge in [-0.2, -0.15) is 0 Å². The average molecular weight is 439 g/mol. The predicted molar refractivity (Wildman–Crippen MR) is 115 cm³/mol. The molecule has 2 aromatic rings. The fourth-order valence-electron chi connectivity index (χ4n) is 2.50. The predicted octanol–water partition coefficient (Wildman–Crippen LogP) is 5.09. The first kappa shape index (κ1) is 23.0. The highest BCUT2D eigenvalue weighted by molar-refractivity contribution is 6.39. The van der Waals surface area contributed by atoms with Gasteiger partial charge in [0.05, 0.1) is 27.0 Å². The van der Waals surface area contributed by atoms with Gasteiger partial charge in [-0.05, 0) is 44.0 Å². The van der Waals surface area contributed by atoms with Crippen molar-refractivity contribution in [2.24, 2.45) is 0 Å². The highest BCUT2D eigenvalue weighted by Gasteiger charge is 2.15. The molecule has 6 nitrogen and oxygen atoms in total. The second-order valence-corrected chi connectivity index (χ2v) is 7.00. The lowest BCUT2D eigenvalue weighted by Gasteiger charge is -2.15. The van der Waals surface area contributed by atoms with Crippen LogP contribution in [0.1, 0.15) is 35.7 Å². The Morgan fingerprint density at radius 3 is 2.59 bits per heavy atom. The quantitative estimate of drug-likeness (QED) is 0.373. The van der Waals surface area contributed by atoms with E-state index in [9.17, 15) is 9.59 Å². The molecule has 0 radical (unpaired) electrons. The van der Waals surface area contributed by atoms with Gasteiger partial charge in [0.1, 0.15) is 0 Å². The first-order valence-corrected chi connectivity index (χ1v) is 10.0. The first-order valence-electron chi connectivity index (χ1n) is 9.26. The van der Waals surface area contributed by atoms with Crippen LogP contribution in [-0.2, 0) is 14.3 Å². The van der Waals surface area contributed by atoms with Crippen LogP contribution in [0, 0.1) is 6.92 Å². The summed E-state index contributed by atoms with van der Waals surface area (Å²) < 4.78 is 10.1. The van der Waals surface area contributed by atoms with Crippen molar-refractivity contribution in [3.63, 3.8) is 0 Å². The Bertz CT molecular complexity index is 851. The Hall–Kier alpha value is -2.28. The number of esters is 1. The van der Waals surface area contributed by atoms with Gasteiger partial charge in [0.25, 0.3) is 0 Å². The van der Waals surface area contributed by atoms with E-state index >= 15 is 0 Å². The lowest BCUT2D eigenvalue weighted by atomic mass is 10.1. The van der Waals surface area contributed by atoms with Crippen LogP contribution in [0.15, 0.2) is 36.4 Å². The molecule has 0 bridgehead atoms. The van der Waals surface area contributed by atoms with Gasteiger partial charge in [0.15, 0.2) is 6.79 Å². The maximum atomic E-state index is 12.2. The van der Waals surface area contributed by atoms with E-state index in [1.54, 1.807) is 30.3 Å². The second-order valence-electron chi connectivity index (χ2n) is 6.22. The summed E-state index contributed by atoms with van der Waals surface area (Å²) in [5.41, 5.74) is 2.37. The third kappa shape index (κ3) is 6.92. The second kappa shape index (κ2) is 11.7. The molecule has 8 heteroatoms. The van der Waals surface area contributed by atoms with Crippen molar-refractivity contribution in [2.75, 3.05) is 25.3 Å². The average Bonchev–Trinajstić information content (AvgIpc) is 3.20. The van der Waals surface area contributed by atoms with Gasteiger partial charge < -0.3 is 20.1 Å². The topological polar surface area (TPSA) is 76.7 Å². The maximum absolute atomic E-state index is 12.2. The van der Waals surface area contributed by atoms with Crippen LogP contribution in [-0.4, -0.2) is 31.8 Å². The highest BCUT2D eigenvalue weighted by Crippen LogP contribution is 2.36. The first-order chi connectivity index (χ1) is 13.9. The number of carbonyl (C=O) groups excluding carboxylic acids is 2. The van der Waals surface area contributed by atoms with Gasteiger partial charge in [-0.25, -0.2) is 4.79 Å². The SMILES string of the molecule is CCOCOC(=O)c1ccccc1Nc1c(Cl)ccc(C)c1Cl.O=C1CCCN1. The maximum Gasteiger partial charge on any atom is 0.342 e. The van der Waals surface area contributed by atoms with Crippen molar-refractivity contribution in [1.29, 1.82) is 0 Å². The van der Waals surface area contributed by atoms with E-state index in [0.29, 0.717) is 33.6 Å². The molecule has 1 saturated heterocycles. The van der Waals surface area contributed by atoms with Crippen LogP contribution in [0.2, 0.25) is 10.0 Å². The molecular formula is C21H24Cl2N2O4. The molecule has 0 spiro atoms. The Morgan fingerprint density at radius 2 is 1.97 bits per heavy atom. The van der Waals surface area contributed by atoms with E-state index in [4.69, 9.17) is 32.7 Å². The number of anilines is 2. The van der Waals surface area contributed by atoms with Crippen molar-refractivity contribution in [3.05, 3.63) is 57.6 Å². The summed E-state index contributed by atoms with van der Waals surface area (Å²) in [6, 6.07) is 10.6. The largest absolute Gasteiger partial charge is 0.435 e. The molecule has 0 unspecified atom stereocenters. The van der Waals surface area contributed by atoms with Crippen molar-refractivity contribution in [2.45, 2.75) is 26.7 Å². The Balaban J connectivity index is 0.000000426. The number of ether oxygens (including phenoxy) is 2. The van der Waals surface area contributed by atoms with Crippen molar-refractivity contribution < 1.29 is 19.1 Å². The van der Waals surface area contributed by atoms with E-state index in [0.717, 1.165) is 24.9 Å². The zero-order valence-corrected chi connectivity index (χ0v) is 17.9. The third-order valence-corrected chi connectivity index (χ3v) is 4.87. The van der Waals surface area contributed by atoms with E-state index in [-0.39, 0.29) is 12.7 Å². The summed E-state index contributed by atoms with van der Waals surface area (Å²) in [7, 11) is 0. The molecule has 1 heterocycles. The summed E-state index contributed by atoms with van der Waals surface area (Å²) in [6.07, 6.45) is 1.76. The minimum atomic E-state index is -0.485. The molecule has 0 aromatic heterocycles. The lowest BCUT2D eigenvalue weighted by molar-refractivity contribution is -0.119. The van der Waals surface area contributed by atoms with E-state index in [1.165, 1.54) is 0 Å². The fraction of sp³-hybridized carbons (Fsp3) is 0.333. The molecule has 3 rings (SSSR count). The highest BCUT2D eigenvalue weighted by atomic mass is 35.5. The molecule has 0 aliphatic carbocycles. The number of nitrogens with one attached hydrogen (secondary N) is 2. The molecule has 0 saturated carbocycles. The van der Waals surface area contributed by atoms with Gasteiger partial charge >= 0.3 is 5.97 Å². The summed E-state index contributed by atoms with van der Waals surface area (Å²) in [4.78, 5) is 22.3. The smallest absolute Gasteiger partial charge is 0.342 e. The Labute approximate surface area is 180 Å². The number of para-hydroxylation sites is 1. The van der Waals surface area contributed by atoms with Crippen LogP contribution in [0.3, 0.4) is 0 Å². The number of aryl methyl sites for hydroxylation is 1. The van der Waals surface area contributed by atoms with Crippen LogP contribution in [0.25, 0.3) is 0 Å². The normalized spacial score (nSPS) is 12.6. The van der Waals surface area contributed by atoms with Crippen LogP contribution in [0.5, 0.6) is 0 Å². The van der Waals surface area contributed by atoms with Gasteiger partial charge in [0, 0.05) is 19.6 Å². The number of halogens is 2. The molecule has 1 aliphatic heterocycles. The van der Waals surface area contributed by atoms with Crippen molar-refractivity contribution in [1.82, 2.24) is 5.32 Å². The molecule has 1 aliphatic rings. The van der Waals surface area contributed by atoms with Crippen LogP contribution < -0.4 is 10.6 Å². The number of benzene rings is 2. The summed E-state index contributed by atoms with van der Waals surface area (Å²) >= 11 is 12.5. The molecule has 2 aromatic carbocycles. The van der Waals surface area contributed by atoms with E-state index in [2.05, 4.69) is 10.6 Å². The molecule has 0 atom stereocenters. The van der Waals surface area contributed by atoms with Crippen LogP contribution in [0.4, 0.5) is 11.4 Å². The van der Waals surface area contributed by atoms with Gasteiger partial charge in [-0.15, -0.1) is 0 Å². The van der Waals surface area contributed by atoms with Crippen molar-refractivity contribution >= 4 is 46.5 Å². The zero-order valence-electron chi connectivity index (χ0n) is 16.4. The van der Waals surface area contributed by atoms with Crippen molar-refractivity contribution in [3.8, 4) is 0 Å². The minimum absolute atomic E-state index is 0.0877. The zero-order chi connectivity index (χ0) is 21.2. The molecular weight excluding hydrogens is 415 g/mol. The Morgan fingerprint density at radius 1 is 1.21 bits per heavy atom. The summed E-state index contributed by atoms with van der Waals surface area (Å²) in [5, 5.41) is 6.78. The lowest BCUT2D eigenvalue weighted by Crippen LogP contribution is -2.12. The van der Waals surface area contributed by atoms with Gasteiger partial charge in [-0.1, -0.05) is 41.4 Å². The molecule has 29 heavy (non-hydrogen) atoms. The molecule has 2 N–H and O–H groups in total. The number of rotatable bonds is 6. The minimum Gasteiger partial charge on any atom is -0.435 e. The van der Waals surface area contributed by atoms with E-state index < -0.39 is 5.97 Å². The van der Waals surface area contributed by atoms with Gasteiger partial charge in [-0.3, -0.25) is 4.79 Å². The van der Waals surface area contributed by atoms with E-state index in [1.807, 2.05) is 19.9 Å². The fourth-order valence-corrected chi connectivity index (χ4v) is 2.96. The Kier molecular flexibility index (Phi) is 9.25. The summed E-state index contributed by atoms with van der Waals surface area (Å²) in [5.74, 6) is -0.281. The number of hydrogen-bond acceptors (Lipinski definition) is 5. The standard InChI is InChI=1S/C17H17Cl2NO3.C4H7NO/c1-3-22-10-23-17(21)12-6-4-5-7-14(12)20-16-13(18)9-8-11(2)15(16)19;6-4-2-1-3-5-4/h4-9,20H,3,10H2,1-2H3;1-3H2,(H,5,6). The molecule has 1 amide bonds. The third-order valence-electron chi connectivity index (χ3n) is 4.07. The monoisotopic (exact) mass is 438 g/mol. The number of carbonyl (C=O) groups is 2.